The van der Waals surface area contributed by atoms with Crippen molar-refractivity contribution >= 4 is 23.5 Å². The van der Waals surface area contributed by atoms with E-state index < -0.39 is 5.60 Å². The van der Waals surface area contributed by atoms with Crippen LogP contribution in [-0.4, -0.2) is 68.2 Å². The summed E-state index contributed by atoms with van der Waals surface area (Å²) in [7, 11) is 1.64. The minimum absolute atomic E-state index is 0.0829. The number of rotatable bonds is 13. The standard InChI is InChI=1S/C31H42N2O6/c1-6-38-29(35)22-33-20-17-24-21-25(14-15-26(24)33)27(34)12-9-10-18-32(30(36)39-31(2,3)4)19-16-23-11-7-8-13-28(23)37-5/h7-8,11,13-15,21H,6,9-10,12,16-20,22H2,1-5H3. The molecule has 1 aliphatic heterocycles. The van der Waals surface area contributed by atoms with Gasteiger partial charge in [-0.1, -0.05) is 18.2 Å². The van der Waals surface area contributed by atoms with Crippen molar-refractivity contribution < 1.29 is 28.6 Å². The Morgan fingerprint density at radius 2 is 1.79 bits per heavy atom. The monoisotopic (exact) mass is 538 g/mol. The normalized spacial score (nSPS) is 12.6. The zero-order valence-electron chi connectivity index (χ0n) is 24.0. The van der Waals surface area contributed by atoms with Gasteiger partial charge in [0.2, 0.25) is 0 Å². The van der Waals surface area contributed by atoms with Crippen molar-refractivity contribution in [3.63, 3.8) is 0 Å². The number of anilines is 1. The van der Waals surface area contributed by atoms with Gasteiger partial charge in [-0.2, -0.15) is 0 Å². The lowest BCUT2D eigenvalue weighted by Gasteiger charge is -2.27. The Morgan fingerprint density at radius 1 is 1.03 bits per heavy atom. The Hall–Kier alpha value is -3.55. The van der Waals surface area contributed by atoms with E-state index in [9.17, 15) is 14.4 Å². The molecule has 1 heterocycles. The molecular weight excluding hydrogens is 496 g/mol. The molecule has 0 bridgehead atoms. The molecule has 0 aromatic heterocycles. The largest absolute Gasteiger partial charge is 0.496 e. The van der Waals surface area contributed by atoms with Gasteiger partial charge >= 0.3 is 12.1 Å². The molecule has 0 N–H and O–H groups in total. The first-order valence-electron chi connectivity index (χ1n) is 13.8. The van der Waals surface area contributed by atoms with Crippen molar-refractivity contribution in [1.82, 2.24) is 4.90 Å². The maximum absolute atomic E-state index is 12.9. The third-order valence-corrected chi connectivity index (χ3v) is 6.60. The van der Waals surface area contributed by atoms with Crippen LogP contribution < -0.4 is 9.64 Å². The van der Waals surface area contributed by atoms with E-state index in [1.807, 2.05) is 68.1 Å². The van der Waals surface area contributed by atoms with E-state index in [1.165, 1.54) is 0 Å². The lowest BCUT2D eigenvalue weighted by Crippen LogP contribution is -2.38. The minimum Gasteiger partial charge on any atom is -0.496 e. The van der Waals surface area contributed by atoms with Crippen LogP contribution in [-0.2, 0) is 27.1 Å². The summed E-state index contributed by atoms with van der Waals surface area (Å²) < 4.78 is 16.2. The SMILES string of the molecule is CCOC(=O)CN1CCc2cc(C(=O)CCCCN(CCc3ccccc3OC)C(=O)OC(C)(C)C)ccc21. The van der Waals surface area contributed by atoms with E-state index in [0.717, 1.165) is 35.5 Å². The summed E-state index contributed by atoms with van der Waals surface area (Å²) in [5.41, 5.74) is 3.20. The number of hydrogen-bond donors (Lipinski definition) is 0. The van der Waals surface area contributed by atoms with Crippen molar-refractivity contribution in [3.8, 4) is 5.75 Å². The topological polar surface area (TPSA) is 85.4 Å². The van der Waals surface area contributed by atoms with Crippen molar-refractivity contribution in [3.05, 3.63) is 59.2 Å². The summed E-state index contributed by atoms with van der Waals surface area (Å²) in [6.45, 7) is 9.69. The van der Waals surface area contributed by atoms with Crippen LogP contribution in [0, 0.1) is 0 Å². The smallest absolute Gasteiger partial charge is 0.410 e. The molecule has 1 aliphatic rings. The third-order valence-electron chi connectivity index (χ3n) is 6.60. The lowest BCUT2D eigenvalue weighted by molar-refractivity contribution is -0.141. The number of amides is 1. The number of para-hydroxylation sites is 1. The number of esters is 1. The Bertz CT molecular complexity index is 1140. The van der Waals surface area contributed by atoms with Crippen molar-refractivity contribution in [2.45, 2.75) is 65.4 Å². The molecule has 0 saturated carbocycles. The highest BCUT2D eigenvalue weighted by atomic mass is 16.6. The first-order valence-corrected chi connectivity index (χ1v) is 13.8. The van der Waals surface area contributed by atoms with Crippen molar-refractivity contribution in [2.75, 3.05) is 44.8 Å². The Kier molecular flexibility index (Phi) is 10.8. The fourth-order valence-corrected chi connectivity index (χ4v) is 4.69. The van der Waals surface area contributed by atoms with Crippen LogP contribution in [0.25, 0.3) is 0 Å². The highest BCUT2D eigenvalue weighted by Crippen LogP contribution is 2.29. The Balaban J connectivity index is 1.54. The number of carbonyl (C=O) groups is 3. The number of fused-ring (bicyclic) bond motifs is 1. The van der Waals surface area contributed by atoms with Gasteiger partial charge in [-0.05, 0) is 88.8 Å². The zero-order chi connectivity index (χ0) is 28.4. The average Bonchev–Trinajstić information content (AvgIpc) is 3.29. The van der Waals surface area contributed by atoms with Crippen LogP contribution >= 0.6 is 0 Å². The molecule has 0 atom stereocenters. The van der Waals surface area contributed by atoms with Gasteiger partial charge in [0.25, 0.3) is 0 Å². The highest BCUT2D eigenvalue weighted by Gasteiger charge is 2.24. The Morgan fingerprint density at radius 3 is 2.51 bits per heavy atom. The fourth-order valence-electron chi connectivity index (χ4n) is 4.69. The average molecular weight is 539 g/mol. The van der Waals surface area contributed by atoms with Gasteiger partial charge in [-0.3, -0.25) is 9.59 Å². The van der Waals surface area contributed by atoms with Crippen LogP contribution in [0.5, 0.6) is 5.75 Å². The summed E-state index contributed by atoms with van der Waals surface area (Å²) in [5, 5.41) is 0. The maximum Gasteiger partial charge on any atom is 0.410 e. The van der Waals surface area contributed by atoms with Crippen molar-refractivity contribution in [2.24, 2.45) is 0 Å². The van der Waals surface area contributed by atoms with Gasteiger partial charge in [0, 0.05) is 37.3 Å². The molecule has 8 heteroatoms. The molecule has 8 nitrogen and oxygen atoms in total. The summed E-state index contributed by atoms with van der Waals surface area (Å²) >= 11 is 0. The first kappa shape index (κ1) is 30.0. The molecule has 39 heavy (non-hydrogen) atoms. The maximum atomic E-state index is 12.9. The number of ether oxygens (including phenoxy) is 3. The van der Waals surface area contributed by atoms with Gasteiger partial charge in [0.05, 0.1) is 13.7 Å². The number of carbonyl (C=O) groups excluding carboxylic acids is 3. The molecule has 0 aliphatic carbocycles. The van der Waals surface area contributed by atoms with Crippen LogP contribution in [0.4, 0.5) is 10.5 Å². The minimum atomic E-state index is -0.588. The summed E-state index contributed by atoms with van der Waals surface area (Å²) in [4.78, 5) is 41.4. The van der Waals surface area contributed by atoms with Gasteiger partial charge in [0.1, 0.15) is 17.9 Å². The highest BCUT2D eigenvalue weighted by molar-refractivity contribution is 5.97. The van der Waals surface area contributed by atoms with Crippen molar-refractivity contribution in [1.29, 1.82) is 0 Å². The number of ketones is 1. The van der Waals surface area contributed by atoms with E-state index in [0.29, 0.717) is 50.9 Å². The van der Waals surface area contributed by atoms with Crippen LogP contribution in [0.3, 0.4) is 0 Å². The van der Waals surface area contributed by atoms with Crippen LogP contribution in [0.2, 0.25) is 0 Å². The second-order valence-electron chi connectivity index (χ2n) is 10.7. The molecular formula is C31H42N2O6. The number of methoxy groups -OCH3 is 1. The van der Waals surface area contributed by atoms with E-state index >= 15 is 0 Å². The summed E-state index contributed by atoms with van der Waals surface area (Å²) in [5.74, 6) is 0.638. The van der Waals surface area contributed by atoms with E-state index in [1.54, 1.807) is 18.9 Å². The first-order chi connectivity index (χ1) is 18.6. The molecule has 0 fully saturated rings. The van der Waals surface area contributed by atoms with Gasteiger partial charge in [0.15, 0.2) is 5.78 Å². The molecule has 0 spiro atoms. The van der Waals surface area contributed by atoms with Gasteiger partial charge in [-0.25, -0.2) is 4.79 Å². The second-order valence-corrected chi connectivity index (χ2v) is 10.7. The summed E-state index contributed by atoms with van der Waals surface area (Å²) in [6, 6.07) is 13.5. The number of hydrogen-bond acceptors (Lipinski definition) is 7. The Labute approximate surface area is 232 Å². The molecule has 212 valence electrons. The number of benzene rings is 2. The van der Waals surface area contributed by atoms with E-state index in [-0.39, 0.29) is 24.4 Å². The third kappa shape index (κ3) is 9.01. The lowest BCUT2D eigenvalue weighted by atomic mass is 10.0. The zero-order valence-corrected chi connectivity index (χ0v) is 24.0. The number of nitrogens with zero attached hydrogens (tertiary/aromatic N) is 2. The molecule has 2 aromatic carbocycles. The predicted molar refractivity (Wildman–Crippen MR) is 152 cm³/mol. The molecule has 0 saturated heterocycles. The molecule has 2 aromatic rings. The van der Waals surface area contributed by atoms with Crippen LogP contribution in [0.1, 0.15) is 68.4 Å². The number of unbranched alkanes of at least 4 members (excludes halogenated alkanes) is 1. The number of Topliss-reactive ketones (excluding diaryl/α,β-unsaturated/α-hetero) is 1. The molecule has 0 unspecified atom stereocenters. The van der Waals surface area contributed by atoms with Crippen LogP contribution in [0.15, 0.2) is 42.5 Å². The van der Waals surface area contributed by atoms with E-state index in [2.05, 4.69) is 0 Å². The predicted octanol–water partition coefficient (Wildman–Crippen LogP) is 5.45. The van der Waals surface area contributed by atoms with E-state index in [4.69, 9.17) is 14.2 Å². The van der Waals surface area contributed by atoms with Gasteiger partial charge in [-0.15, -0.1) is 0 Å². The molecule has 1 amide bonds. The molecule has 0 radical (unpaired) electrons. The van der Waals surface area contributed by atoms with Gasteiger partial charge < -0.3 is 24.0 Å². The molecule has 3 rings (SSSR count). The second kappa shape index (κ2) is 14.0. The quantitative estimate of drug-likeness (QED) is 0.190. The summed E-state index contributed by atoms with van der Waals surface area (Å²) in [6.07, 6.45) is 2.85. The fraction of sp³-hybridized carbons (Fsp3) is 0.516.